The Balaban J connectivity index is 1.39. The van der Waals surface area contributed by atoms with Gasteiger partial charge in [-0.3, -0.25) is 9.59 Å². The molecule has 2 unspecified atom stereocenters. The van der Waals surface area contributed by atoms with Crippen molar-refractivity contribution in [2.45, 2.75) is 31.6 Å². The van der Waals surface area contributed by atoms with E-state index in [1.807, 2.05) is 19.1 Å². The smallest absolute Gasteiger partial charge is 0.234 e. The van der Waals surface area contributed by atoms with E-state index in [-0.39, 0.29) is 24.2 Å². The molecule has 4 heterocycles. The third kappa shape index (κ3) is 2.76. The Kier molecular flexibility index (Phi) is 4.25. The summed E-state index contributed by atoms with van der Waals surface area (Å²) in [5.74, 6) is -1.08. The van der Waals surface area contributed by atoms with Crippen LogP contribution in [-0.2, 0) is 27.3 Å². The number of hydrogen-bond donors (Lipinski definition) is 0. The SMILES string of the molecule is CCc1nc(CN(C)C(=O)C2C3C(=O)N(c4ccc(F)cc4)C[C@]34C=C[C@H]2O4)no1. The molecule has 2 saturated heterocycles. The lowest BCUT2D eigenvalue weighted by atomic mass is 9.76. The van der Waals surface area contributed by atoms with E-state index in [0.29, 0.717) is 30.4 Å². The normalized spacial score (nSPS) is 29.0. The number of aromatic nitrogens is 2. The molecule has 2 amide bonds. The van der Waals surface area contributed by atoms with Crippen LogP contribution in [0, 0.1) is 17.7 Å². The van der Waals surface area contributed by atoms with Crippen LogP contribution in [-0.4, -0.2) is 52.2 Å². The van der Waals surface area contributed by atoms with Gasteiger partial charge in [0.25, 0.3) is 0 Å². The summed E-state index contributed by atoms with van der Waals surface area (Å²) in [4.78, 5) is 33.9. The standard InChI is InChI=1S/C21H21FN4O4/c1-3-16-23-15(24-30-16)10-25(2)19(27)17-14-8-9-21(29-14)11-26(20(28)18(17)21)13-6-4-12(22)5-7-13/h4-9,14,17-18H,3,10-11H2,1-2H3/t14-,17?,18?,21-/m1/s1. The number of benzene rings is 1. The third-order valence-electron chi connectivity index (χ3n) is 6.09. The molecule has 2 fully saturated rings. The predicted octanol–water partition coefficient (Wildman–Crippen LogP) is 1.72. The molecule has 0 N–H and O–H groups in total. The molecule has 2 aromatic rings. The lowest BCUT2D eigenvalue weighted by molar-refractivity contribution is -0.139. The second kappa shape index (κ2) is 6.73. The maximum atomic E-state index is 13.3. The average molecular weight is 412 g/mol. The first kappa shape index (κ1) is 18.9. The molecule has 3 aliphatic heterocycles. The summed E-state index contributed by atoms with van der Waals surface area (Å²) in [5.41, 5.74) is -0.247. The van der Waals surface area contributed by atoms with Gasteiger partial charge in [-0.15, -0.1) is 0 Å². The zero-order valence-electron chi connectivity index (χ0n) is 16.6. The van der Waals surface area contributed by atoms with Gasteiger partial charge >= 0.3 is 0 Å². The molecular formula is C21H21FN4O4. The molecule has 9 heteroatoms. The molecule has 5 rings (SSSR count). The van der Waals surface area contributed by atoms with Gasteiger partial charge in [0, 0.05) is 19.2 Å². The van der Waals surface area contributed by atoms with Crippen molar-refractivity contribution in [3.8, 4) is 0 Å². The third-order valence-corrected chi connectivity index (χ3v) is 6.09. The number of aryl methyl sites for hydroxylation is 1. The molecule has 3 aliphatic rings. The minimum absolute atomic E-state index is 0.185. The van der Waals surface area contributed by atoms with Crippen LogP contribution in [0.25, 0.3) is 0 Å². The van der Waals surface area contributed by atoms with E-state index in [1.165, 1.54) is 17.0 Å². The van der Waals surface area contributed by atoms with E-state index >= 15 is 0 Å². The van der Waals surface area contributed by atoms with Crippen LogP contribution < -0.4 is 4.90 Å². The molecule has 0 radical (unpaired) electrons. The Labute approximate surface area is 172 Å². The fraction of sp³-hybridized carbons (Fsp3) is 0.429. The fourth-order valence-electron chi connectivity index (χ4n) is 4.66. The van der Waals surface area contributed by atoms with Gasteiger partial charge in [-0.2, -0.15) is 4.98 Å². The van der Waals surface area contributed by atoms with Crippen molar-refractivity contribution >= 4 is 17.5 Å². The molecule has 2 bridgehead atoms. The van der Waals surface area contributed by atoms with Crippen molar-refractivity contribution in [3.05, 3.63) is 53.9 Å². The lowest BCUT2D eigenvalue weighted by Gasteiger charge is -2.27. The molecule has 1 aromatic carbocycles. The van der Waals surface area contributed by atoms with Crippen molar-refractivity contribution in [2.24, 2.45) is 11.8 Å². The second-order valence-corrected chi connectivity index (χ2v) is 7.95. The Morgan fingerprint density at radius 2 is 2.13 bits per heavy atom. The highest BCUT2D eigenvalue weighted by molar-refractivity contribution is 6.03. The van der Waals surface area contributed by atoms with Crippen LogP contribution >= 0.6 is 0 Å². The fourth-order valence-corrected chi connectivity index (χ4v) is 4.66. The highest BCUT2D eigenvalue weighted by Gasteiger charge is 2.67. The molecule has 4 atom stereocenters. The number of nitrogens with zero attached hydrogens (tertiary/aromatic N) is 4. The van der Waals surface area contributed by atoms with Crippen LogP contribution in [0.15, 0.2) is 40.9 Å². The zero-order chi connectivity index (χ0) is 21.0. The number of amides is 2. The molecule has 8 nitrogen and oxygen atoms in total. The van der Waals surface area contributed by atoms with E-state index in [4.69, 9.17) is 9.26 Å². The van der Waals surface area contributed by atoms with E-state index in [1.54, 1.807) is 24.1 Å². The quantitative estimate of drug-likeness (QED) is 0.695. The number of carbonyl (C=O) groups is 2. The van der Waals surface area contributed by atoms with Crippen LogP contribution in [0.1, 0.15) is 18.6 Å². The molecule has 30 heavy (non-hydrogen) atoms. The summed E-state index contributed by atoms with van der Waals surface area (Å²) >= 11 is 0. The van der Waals surface area contributed by atoms with Crippen LogP contribution in [0.3, 0.4) is 0 Å². The Morgan fingerprint density at radius 1 is 1.37 bits per heavy atom. The van der Waals surface area contributed by atoms with Gasteiger partial charge in [0.15, 0.2) is 5.82 Å². The van der Waals surface area contributed by atoms with Gasteiger partial charge in [0.1, 0.15) is 11.4 Å². The highest BCUT2D eigenvalue weighted by Crippen LogP contribution is 2.53. The molecule has 156 valence electrons. The molecule has 1 aromatic heterocycles. The monoisotopic (exact) mass is 412 g/mol. The van der Waals surface area contributed by atoms with Crippen LogP contribution in [0.2, 0.25) is 0 Å². The van der Waals surface area contributed by atoms with Crippen LogP contribution in [0.5, 0.6) is 0 Å². The van der Waals surface area contributed by atoms with Gasteiger partial charge in [-0.05, 0) is 24.3 Å². The van der Waals surface area contributed by atoms with E-state index < -0.39 is 23.5 Å². The van der Waals surface area contributed by atoms with Gasteiger partial charge in [-0.25, -0.2) is 4.39 Å². The number of carbonyl (C=O) groups excluding carboxylic acids is 2. The summed E-state index contributed by atoms with van der Waals surface area (Å²) in [6, 6.07) is 5.75. The van der Waals surface area contributed by atoms with E-state index in [0.717, 1.165) is 0 Å². The number of rotatable bonds is 5. The maximum absolute atomic E-state index is 13.3. The zero-order valence-corrected chi connectivity index (χ0v) is 16.6. The summed E-state index contributed by atoms with van der Waals surface area (Å²) in [7, 11) is 1.66. The molecular weight excluding hydrogens is 391 g/mol. The van der Waals surface area contributed by atoms with Crippen molar-refractivity contribution in [2.75, 3.05) is 18.5 Å². The minimum Gasteiger partial charge on any atom is -0.360 e. The summed E-state index contributed by atoms with van der Waals surface area (Å²) in [5, 5.41) is 3.89. The first-order valence-electron chi connectivity index (χ1n) is 9.92. The highest BCUT2D eigenvalue weighted by atomic mass is 19.1. The Bertz CT molecular complexity index is 1040. The predicted molar refractivity (Wildman–Crippen MR) is 103 cm³/mol. The maximum Gasteiger partial charge on any atom is 0.234 e. The Morgan fingerprint density at radius 3 is 2.83 bits per heavy atom. The number of halogens is 1. The molecule has 0 saturated carbocycles. The first-order chi connectivity index (χ1) is 14.4. The second-order valence-electron chi connectivity index (χ2n) is 7.95. The summed E-state index contributed by atoms with van der Waals surface area (Å²) in [6.07, 6.45) is 3.92. The van der Waals surface area contributed by atoms with Crippen LogP contribution in [0.4, 0.5) is 10.1 Å². The lowest BCUT2D eigenvalue weighted by Crippen LogP contribution is -2.44. The van der Waals surface area contributed by atoms with Gasteiger partial charge in [0.05, 0.1) is 31.0 Å². The largest absolute Gasteiger partial charge is 0.360 e. The van der Waals surface area contributed by atoms with Crippen molar-refractivity contribution in [1.82, 2.24) is 15.0 Å². The minimum atomic E-state index is -0.835. The topological polar surface area (TPSA) is 88.8 Å². The van der Waals surface area contributed by atoms with E-state index in [9.17, 15) is 14.0 Å². The Hall–Kier alpha value is -3.07. The van der Waals surface area contributed by atoms with Gasteiger partial charge in [0.2, 0.25) is 17.7 Å². The summed E-state index contributed by atoms with van der Waals surface area (Å²) < 4.78 is 24.5. The van der Waals surface area contributed by atoms with E-state index in [2.05, 4.69) is 10.1 Å². The number of hydrogen-bond acceptors (Lipinski definition) is 6. The number of anilines is 1. The molecule has 1 spiro atoms. The van der Waals surface area contributed by atoms with Crippen molar-refractivity contribution in [3.63, 3.8) is 0 Å². The number of ether oxygens (including phenoxy) is 1. The number of fused-ring (bicyclic) bond motifs is 1. The van der Waals surface area contributed by atoms with Crippen molar-refractivity contribution in [1.29, 1.82) is 0 Å². The van der Waals surface area contributed by atoms with Gasteiger partial charge < -0.3 is 19.1 Å². The van der Waals surface area contributed by atoms with Crippen molar-refractivity contribution < 1.29 is 23.2 Å². The average Bonchev–Trinajstić information content (AvgIpc) is 3.49. The molecule has 0 aliphatic carbocycles. The summed E-state index contributed by atoms with van der Waals surface area (Å²) in [6.45, 7) is 2.39. The first-order valence-corrected chi connectivity index (χ1v) is 9.92. The van der Waals surface area contributed by atoms with Gasteiger partial charge in [-0.1, -0.05) is 24.2 Å².